The molecule has 2 rings (SSSR count). The van der Waals surface area contributed by atoms with Crippen molar-refractivity contribution in [2.75, 3.05) is 0 Å². The van der Waals surface area contributed by atoms with E-state index in [1.165, 1.54) is 88.2 Å². The summed E-state index contributed by atoms with van der Waals surface area (Å²) < 4.78 is 0. The molecule has 0 unspecified atom stereocenters. The molecular weight excluding hydrogens is 352 g/mol. The summed E-state index contributed by atoms with van der Waals surface area (Å²) in [6.45, 7) is 4.53. The van der Waals surface area contributed by atoms with E-state index in [1.807, 2.05) is 6.07 Å². The van der Waals surface area contributed by atoms with Crippen LogP contribution in [0.4, 0.5) is 0 Å². The number of phenolic OH excluding ortho intramolecular Hbond substituents is 1. The van der Waals surface area contributed by atoms with E-state index in [9.17, 15) is 5.11 Å². The molecule has 0 fully saturated rings. The Bertz CT molecular complexity index is 688. The summed E-state index contributed by atoms with van der Waals surface area (Å²) in [6.07, 6.45) is 18.2. The van der Waals surface area contributed by atoms with Crippen LogP contribution in [0.2, 0.25) is 0 Å². The number of hydrogen-bond acceptors (Lipinski definition) is 1. The van der Waals surface area contributed by atoms with Crippen molar-refractivity contribution in [3.63, 3.8) is 0 Å². The third kappa shape index (κ3) is 9.07. The van der Waals surface area contributed by atoms with Crippen molar-refractivity contribution in [1.29, 1.82) is 0 Å². The van der Waals surface area contributed by atoms with Crippen molar-refractivity contribution in [1.82, 2.24) is 0 Å². The van der Waals surface area contributed by atoms with E-state index < -0.39 is 0 Å². The maximum absolute atomic E-state index is 10.4. The quantitative estimate of drug-likeness (QED) is 0.299. The molecule has 0 amide bonds. The molecule has 0 saturated carbocycles. The summed E-state index contributed by atoms with van der Waals surface area (Å²) in [7, 11) is 0. The Morgan fingerprint density at radius 1 is 0.586 bits per heavy atom. The fraction of sp³-hybridized carbons (Fsp3) is 0.571. The molecule has 0 aliphatic heterocycles. The van der Waals surface area contributed by atoms with Crippen molar-refractivity contribution in [3.8, 4) is 16.9 Å². The van der Waals surface area contributed by atoms with Gasteiger partial charge in [-0.05, 0) is 54.5 Å². The highest BCUT2D eigenvalue weighted by Gasteiger charge is 2.07. The van der Waals surface area contributed by atoms with Gasteiger partial charge in [0.25, 0.3) is 0 Å². The van der Waals surface area contributed by atoms with Crippen molar-refractivity contribution >= 4 is 0 Å². The SMILES string of the molecule is CCCCCCCCc1cccc(-c2cc(CCCCCCCC)ccc2O)c1. The molecule has 0 spiro atoms. The Morgan fingerprint density at radius 3 is 1.76 bits per heavy atom. The predicted octanol–water partition coefficient (Wildman–Crippen LogP) is 8.87. The molecule has 0 radical (unpaired) electrons. The van der Waals surface area contributed by atoms with E-state index in [0.717, 1.165) is 24.0 Å². The van der Waals surface area contributed by atoms with Crippen LogP contribution in [0, 0.1) is 0 Å². The molecule has 1 heteroatoms. The van der Waals surface area contributed by atoms with E-state index in [1.54, 1.807) is 0 Å². The van der Waals surface area contributed by atoms with Crippen LogP contribution in [0.15, 0.2) is 42.5 Å². The van der Waals surface area contributed by atoms with Crippen LogP contribution < -0.4 is 0 Å². The maximum Gasteiger partial charge on any atom is 0.123 e. The van der Waals surface area contributed by atoms with Gasteiger partial charge >= 0.3 is 0 Å². The standard InChI is InChI=1S/C28H42O/c1-3-5-7-9-11-13-16-24-18-15-19-26(22-24)27-23-25(20-21-28(27)29)17-14-12-10-8-6-4-2/h15,18-23,29H,3-14,16-17H2,1-2H3. The third-order valence-corrected chi connectivity index (χ3v) is 5.94. The summed E-state index contributed by atoms with van der Waals surface area (Å²) in [5.74, 6) is 0.397. The fourth-order valence-electron chi connectivity index (χ4n) is 4.08. The van der Waals surface area contributed by atoms with Gasteiger partial charge in [0.1, 0.15) is 5.75 Å². The minimum Gasteiger partial charge on any atom is -0.507 e. The topological polar surface area (TPSA) is 20.2 Å². The lowest BCUT2D eigenvalue weighted by molar-refractivity contribution is 0.477. The summed E-state index contributed by atoms with van der Waals surface area (Å²) in [6, 6.07) is 14.9. The lowest BCUT2D eigenvalue weighted by atomic mass is 9.96. The second-order valence-electron chi connectivity index (χ2n) is 8.59. The average Bonchev–Trinajstić information content (AvgIpc) is 2.74. The molecule has 1 nitrogen and oxygen atoms in total. The molecule has 29 heavy (non-hydrogen) atoms. The molecule has 0 aromatic heterocycles. The van der Waals surface area contributed by atoms with Crippen LogP contribution in [-0.2, 0) is 12.8 Å². The van der Waals surface area contributed by atoms with Crippen LogP contribution in [0.25, 0.3) is 11.1 Å². The van der Waals surface area contributed by atoms with Crippen molar-refractivity contribution in [3.05, 3.63) is 53.6 Å². The van der Waals surface area contributed by atoms with Crippen LogP contribution in [0.1, 0.15) is 102 Å². The van der Waals surface area contributed by atoms with E-state index in [0.29, 0.717) is 5.75 Å². The van der Waals surface area contributed by atoms with Crippen molar-refractivity contribution < 1.29 is 5.11 Å². The van der Waals surface area contributed by atoms with Crippen molar-refractivity contribution in [2.24, 2.45) is 0 Å². The lowest BCUT2D eigenvalue weighted by Gasteiger charge is -2.10. The first-order chi connectivity index (χ1) is 14.2. The Morgan fingerprint density at radius 2 is 1.14 bits per heavy atom. The first-order valence-corrected chi connectivity index (χ1v) is 12.2. The highest BCUT2D eigenvalue weighted by Crippen LogP contribution is 2.31. The van der Waals surface area contributed by atoms with E-state index >= 15 is 0 Å². The number of rotatable bonds is 15. The molecule has 0 aliphatic rings. The fourth-order valence-corrected chi connectivity index (χ4v) is 4.08. The molecule has 2 aromatic carbocycles. The third-order valence-electron chi connectivity index (χ3n) is 5.94. The predicted molar refractivity (Wildman–Crippen MR) is 128 cm³/mol. The molecule has 0 saturated heterocycles. The second kappa shape index (κ2) is 14.3. The largest absolute Gasteiger partial charge is 0.507 e. The molecule has 2 aromatic rings. The van der Waals surface area contributed by atoms with Crippen LogP contribution in [0.5, 0.6) is 5.75 Å². The van der Waals surface area contributed by atoms with Crippen LogP contribution >= 0.6 is 0 Å². The van der Waals surface area contributed by atoms with E-state index in [2.05, 4.69) is 50.2 Å². The number of aryl methyl sites for hydroxylation is 2. The smallest absolute Gasteiger partial charge is 0.123 e. The van der Waals surface area contributed by atoms with Gasteiger partial charge < -0.3 is 5.11 Å². The minimum atomic E-state index is 0.397. The average molecular weight is 395 g/mol. The number of phenols is 1. The summed E-state index contributed by atoms with van der Waals surface area (Å²) in [4.78, 5) is 0. The van der Waals surface area contributed by atoms with Gasteiger partial charge in [-0.1, -0.05) is 108 Å². The van der Waals surface area contributed by atoms with Gasteiger partial charge in [0.05, 0.1) is 0 Å². The van der Waals surface area contributed by atoms with Gasteiger partial charge in [-0.25, -0.2) is 0 Å². The molecule has 1 N–H and O–H groups in total. The zero-order chi connectivity index (χ0) is 20.7. The van der Waals surface area contributed by atoms with Gasteiger partial charge in [0.15, 0.2) is 0 Å². The van der Waals surface area contributed by atoms with Gasteiger partial charge in [-0.2, -0.15) is 0 Å². The van der Waals surface area contributed by atoms with Crippen LogP contribution in [-0.4, -0.2) is 5.11 Å². The monoisotopic (exact) mass is 394 g/mol. The van der Waals surface area contributed by atoms with Crippen LogP contribution in [0.3, 0.4) is 0 Å². The number of unbranched alkanes of at least 4 members (excludes halogenated alkanes) is 10. The highest BCUT2D eigenvalue weighted by molar-refractivity contribution is 5.71. The Hall–Kier alpha value is -1.76. The Labute approximate surface area is 179 Å². The maximum atomic E-state index is 10.4. The molecule has 0 atom stereocenters. The first kappa shape index (κ1) is 23.5. The van der Waals surface area contributed by atoms with Gasteiger partial charge in [0, 0.05) is 5.56 Å². The number of hydrogen-bond donors (Lipinski definition) is 1. The molecular formula is C28H42O. The van der Waals surface area contributed by atoms with Crippen molar-refractivity contribution in [2.45, 2.75) is 104 Å². The lowest BCUT2D eigenvalue weighted by Crippen LogP contribution is -1.90. The Balaban J connectivity index is 1.90. The van der Waals surface area contributed by atoms with E-state index in [4.69, 9.17) is 0 Å². The summed E-state index contributed by atoms with van der Waals surface area (Å²) in [5.41, 5.74) is 4.86. The Kier molecular flexibility index (Phi) is 11.6. The zero-order valence-corrected chi connectivity index (χ0v) is 18.9. The van der Waals surface area contributed by atoms with Gasteiger partial charge in [-0.15, -0.1) is 0 Å². The number of benzene rings is 2. The summed E-state index contributed by atoms with van der Waals surface area (Å²) >= 11 is 0. The minimum absolute atomic E-state index is 0.397. The zero-order valence-electron chi connectivity index (χ0n) is 18.9. The molecule has 0 bridgehead atoms. The van der Waals surface area contributed by atoms with E-state index in [-0.39, 0.29) is 0 Å². The summed E-state index contributed by atoms with van der Waals surface area (Å²) in [5, 5.41) is 10.4. The number of aromatic hydroxyl groups is 1. The highest BCUT2D eigenvalue weighted by atomic mass is 16.3. The van der Waals surface area contributed by atoms with Gasteiger partial charge in [0.2, 0.25) is 0 Å². The normalized spacial score (nSPS) is 11.1. The molecule has 0 aliphatic carbocycles. The van der Waals surface area contributed by atoms with Gasteiger partial charge in [-0.3, -0.25) is 0 Å². The second-order valence-corrected chi connectivity index (χ2v) is 8.59. The molecule has 0 heterocycles. The first-order valence-electron chi connectivity index (χ1n) is 12.2. The molecule has 160 valence electrons.